The normalized spacial score (nSPS) is 13.1. The Labute approximate surface area is 122 Å². The lowest BCUT2D eigenvalue weighted by Crippen LogP contribution is -2.24. The van der Waals surface area contributed by atoms with E-state index < -0.39 is 16.2 Å². The predicted molar refractivity (Wildman–Crippen MR) is 77.6 cm³/mol. The largest absolute Gasteiger partial charge is 0.297 e. The molecule has 4 nitrogen and oxygen atoms in total. The minimum atomic E-state index is -3.93. The molecule has 0 aliphatic rings. The van der Waals surface area contributed by atoms with Gasteiger partial charge >= 0.3 is 0 Å². The zero-order chi connectivity index (χ0) is 14.8. The molecule has 0 fully saturated rings. The number of carbonyl (C=O) groups is 1. The second kappa shape index (κ2) is 5.87. The van der Waals surface area contributed by atoms with Crippen molar-refractivity contribution in [2.45, 2.75) is 24.8 Å². The molecule has 6 heteroatoms. The van der Waals surface area contributed by atoms with Crippen molar-refractivity contribution in [3.63, 3.8) is 0 Å². The lowest BCUT2D eigenvalue weighted by Gasteiger charge is -2.11. The van der Waals surface area contributed by atoms with E-state index in [4.69, 9.17) is 4.18 Å². The summed E-state index contributed by atoms with van der Waals surface area (Å²) in [5.74, 6) is -0.337. The van der Waals surface area contributed by atoms with Crippen LogP contribution in [0.25, 0.3) is 0 Å². The number of carbonyl (C=O) groups excluding carboxylic acids is 1. The number of Topliss-reactive ketones (excluding diaryl/α,β-unsaturated/α-hetero) is 1. The summed E-state index contributed by atoms with van der Waals surface area (Å²) in [5, 5.41) is 1.76. The fourth-order valence-corrected chi connectivity index (χ4v) is 3.40. The maximum atomic E-state index is 12.1. The number of benzene rings is 1. The van der Waals surface area contributed by atoms with Gasteiger partial charge in [0, 0.05) is 0 Å². The number of ketones is 1. The summed E-state index contributed by atoms with van der Waals surface area (Å²) in [6.45, 7) is 3.30. The van der Waals surface area contributed by atoms with Crippen molar-refractivity contribution < 1.29 is 17.4 Å². The fraction of sp³-hybridized carbons (Fsp3) is 0.214. The van der Waals surface area contributed by atoms with Gasteiger partial charge in [0.2, 0.25) is 5.78 Å². The molecule has 0 radical (unpaired) electrons. The SMILES string of the molecule is Cc1ccc(S(=O)(=O)OC(C)C(=O)c2cccs2)cc1. The summed E-state index contributed by atoms with van der Waals surface area (Å²) in [7, 11) is -3.93. The van der Waals surface area contributed by atoms with Crippen molar-refractivity contribution in [2.24, 2.45) is 0 Å². The van der Waals surface area contributed by atoms with Gasteiger partial charge in [0.25, 0.3) is 10.1 Å². The van der Waals surface area contributed by atoms with E-state index in [1.165, 1.54) is 30.4 Å². The second-order valence-corrected chi connectivity index (χ2v) is 6.87. The van der Waals surface area contributed by atoms with E-state index in [-0.39, 0.29) is 10.7 Å². The predicted octanol–water partition coefficient (Wildman–Crippen LogP) is 3.03. The molecule has 2 rings (SSSR count). The Morgan fingerprint density at radius 3 is 2.40 bits per heavy atom. The third-order valence-electron chi connectivity index (χ3n) is 2.71. The maximum absolute atomic E-state index is 12.1. The molecule has 1 aromatic heterocycles. The van der Waals surface area contributed by atoms with E-state index in [0.717, 1.165) is 5.56 Å². The van der Waals surface area contributed by atoms with E-state index in [0.29, 0.717) is 4.88 Å². The number of rotatable bonds is 5. The molecule has 0 bridgehead atoms. The Hall–Kier alpha value is -1.50. The topological polar surface area (TPSA) is 60.4 Å². The highest BCUT2D eigenvalue weighted by atomic mass is 32.2. The molecule has 1 heterocycles. The number of hydrogen-bond acceptors (Lipinski definition) is 5. The number of hydrogen-bond donors (Lipinski definition) is 0. The first-order valence-electron chi connectivity index (χ1n) is 5.98. The average Bonchev–Trinajstić information content (AvgIpc) is 2.91. The minimum absolute atomic E-state index is 0.0499. The van der Waals surface area contributed by atoms with Crippen molar-refractivity contribution >= 4 is 27.2 Å². The molecule has 2 aromatic rings. The average molecular weight is 310 g/mol. The lowest BCUT2D eigenvalue weighted by molar-refractivity contribution is 0.0830. The van der Waals surface area contributed by atoms with E-state index >= 15 is 0 Å². The van der Waals surface area contributed by atoms with Crippen molar-refractivity contribution in [1.82, 2.24) is 0 Å². The standard InChI is InChI=1S/C14H14O4S2/c1-10-5-7-12(8-6-10)20(16,17)18-11(2)14(15)13-4-3-9-19-13/h3-9,11H,1-2H3. The van der Waals surface area contributed by atoms with Crippen LogP contribution in [-0.4, -0.2) is 20.3 Å². The molecule has 0 spiro atoms. The molecule has 0 aliphatic heterocycles. The summed E-state index contributed by atoms with van der Waals surface area (Å²) < 4.78 is 29.1. The number of thiophene rings is 1. The lowest BCUT2D eigenvalue weighted by atomic mass is 10.2. The van der Waals surface area contributed by atoms with E-state index in [1.54, 1.807) is 29.6 Å². The van der Waals surface area contributed by atoms with Crippen LogP contribution in [0.1, 0.15) is 22.2 Å². The van der Waals surface area contributed by atoms with E-state index in [1.807, 2.05) is 6.92 Å². The highest BCUT2D eigenvalue weighted by molar-refractivity contribution is 7.86. The molecule has 0 saturated carbocycles. The van der Waals surface area contributed by atoms with Crippen LogP contribution in [0.2, 0.25) is 0 Å². The van der Waals surface area contributed by atoms with E-state index in [9.17, 15) is 13.2 Å². The molecule has 1 aromatic carbocycles. The molecule has 0 aliphatic carbocycles. The zero-order valence-corrected chi connectivity index (χ0v) is 12.7. The molecular formula is C14H14O4S2. The molecule has 106 valence electrons. The fourth-order valence-electron chi connectivity index (χ4n) is 1.61. The van der Waals surface area contributed by atoms with Gasteiger partial charge in [0.1, 0.15) is 6.10 Å². The zero-order valence-electron chi connectivity index (χ0n) is 11.1. The molecule has 20 heavy (non-hydrogen) atoms. The van der Waals surface area contributed by atoms with Gasteiger partial charge in [-0.15, -0.1) is 11.3 Å². The van der Waals surface area contributed by atoms with Crippen LogP contribution < -0.4 is 0 Å². The first kappa shape index (κ1) is 14.9. The van der Waals surface area contributed by atoms with Crippen LogP contribution in [-0.2, 0) is 14.3 Å². The van der Waals surface area contributed by atoms with Crippen LogP contribution in [0.5, 0.6) is 0 Å². The highest BCUT2D eigenvalue weighted by Crippen LogP contribution is 2.18. The van der Waals surface area contributed by atoms with E-state index in [2.05, 4.69) is 0 Å². The van der Waals surface area contributed by atoms with Gasteiger partial charge in [-0.2, -0.15) is 8.42 Å². The summed E-state index contributed by atoms with van der Waals surface area (Å²) in [6.07, 6.45) is -1.04. The van der Waals surface area contributed by atoms with Crippen LogP contribution in [0.4, 0.5) is 0 Å². The van der Waals surface area contributed by atoms with Gasteiger partial charge in [-0.3, -0.25) is 8.98 Å². The Bertz CT molecular complexity index is 685. The highest BCUT2D eigenvalue weighted by Gasteiger charge is 2.25. The monoisotopic (exact) mass is 310 g/mol. The molecule has 0 N–H and O–H groups in total. The maximum Gasteiger partial charge on any atom is 0.297 e. The smallest absolute Gasteiger partial charge is 0.290 e. The van der Waals surface area contributed by atoms with Crippen molar-refractivity contribution in [3.05, 3.63) is 52.2 Å². The first-order chi connectivity index (χ1) is 9.40. The van der Waals surface area contributed by atoms with Crippen LogP contribution in [0.3, 0.4) is 0 Å². The third-order valence-corrected chi connectivity index (χ3v) is 4.99. The first-order valence-corrected chi connectivity index (χ1v) is 8.26. The Morgan fingerprint density at radius 2 is 1.85 bits per heavy atom. The molecule has 0 amide bonds. The molecule has 1 unspecified atom stereocenters. The number of aryl methyl sites for hydroxylation is 1. The van der Waals surface area contributed by atoms with Gasteiger partial charge in [0.05, 0.1) is 9.77 Å². The minimum Gasteiger partial charge on any atom is -0.290 e. The third kappa shape index (κ3) is 3.33. The molecule has 1 atom stereocenters. The van der Waals surface area contributed by atoms with Gasteiger partial charge < -0.3 is 0 Å². The summed E-state index contributed by atoms with van der Waals surface area (Å²) >= 11 is 1.26. The quantitative estimate of drug-likeness (QED) is 0.629. The van der Waals surface area contributed by atoms with Gasteiger partial charge in [-0.25, -0.2) is 0 Å². The van der Waals surface area contributed by atoms with Crippen LogP contribution in [0.15, 0.2) is 46.7 Å². The summed E-state index contributed by atoms with van der Waals surface area (Å²) in [5.41, 5.74) is 0.951. The van der Waals surface area contributed by atoms with Crippen LogP contribution >= 0.6 is 11.3 Å². The van der Waals surface area contributed by atoms with Crippen LogP contribution in [0, 0.1) is 6.92 Å². The van der Waals surface area contributed by atoms with Crippen molar-refractivity contribution in [3.8, 4) is 0 Å². The summed E-state index contributed by atoms with van der Waals surface area (Å²) in [4.78, 5) is 12.5. The molecular weight excluding hydrogens is 296 g/mol. The Balaban J connectivity index is 2.16. The van der Waals surface area contributed by atoms with Gasteiger partial charge in [0.15, 0.2) is 0 Å². The Morgan fingerprint density at radius 1 is 1.20 bits per heavy atom. The van der Waals surface area contributed by atoms with Crippen molar-refractivity contribution in [2.75, 3.05) is 0 Å². The summed E-state index contributed by atoms with van der Waals surface area (Å²) in [6, 6.07) is 9.68. The van der Waals surface area contributed by atoms with Gasteiger partial charge in [-0.1, -0.05) is 23.8 Å². The van der Waals surface area contributed by atoms with Gasteiger partial charge in [-0.05, 0) is 37.4 Å². The second-order valence-electron chi connectivity index (χ2n) is 4.35. The Kier molecular flexibility index (Phi) is 4.37. The molecule has 0 saturated heterocycles. The van der Waals surface area contributed by atoms with Crippen molar-refractivity contribution in [1.29, 1.82) is 0 Å².